The minimum atomic E-state index is -4.77. The lowest BCUT2D eigenvalue weighted by molar-refractivity contribution is 0.0511. The molecule has 0 aliphatic carbocycles. The van der Waals surface area contributed by atoms with Crippen LogP contribution in [0.2, 0.25) is 0 Å². The molecule has 1 aromatic rings. The average Bonchev–Trinajstić information content (AvgIpc) is 2.14. The van der Waals surface area contributed by atoms with E-state index in [1.54, 1.807) is 0 Å². The van der Waals surface area contributed by atoms with E-state index in [1.807, 2.05) is 0 Å². The van der Waals surface area contributed by atoms with Gasteiger partial charge in [0.25, 0.3) is 0 Å². The molecule has 2 nitrogen and oxygen atoms in total. The zero-order valence-corrected chi connectivity index (χ0v) is 8.25. The van der Waals surface area contributed by atoms with Crippen LogP contribution >= 0.6 is 0 Å². The van der Waals surface area contributed by atoms with Gasteiger partial charge in [-0.25, -0.2) is 0 Å². The Morgan fingerprint density at radius 3 is 2.20 bits per heavy atom. The van der Waals surface area contributed by atoms with Crippen molar-refractivity contribution < 1.29 is 22.4 Å². The molecule has 84 valence electrons. The van der Waals surface area contributed by atoms with E-state index in [9.17, 15) is 12.9 Å². The van der Waals surface area contributed by atoms with Gasteiger partial charge in [-0.15, -0.1) is 0 Å². The summed E-state index contributed by atoms with van der Waals surface area (Å²) in [5.41, 5.74) is 0.243. The predicted molar refractivity (Wildman–Crippen MR) is 51.7 cm³/mol. The minimum Gasteiger partial charge on any atom is -0.468 e. The standard InChI is InChI=1S/C9H11BF3O2/c1-14-7-15-9-4-2-8(3-5-9)6-10(11,12)13/h2-5H,6-7H2,1H3/q-1. The van der Waals surface area contributed by atoms with Crippen molar-refractivity contribution in [3.05, 3.63) is 29.8 Å². The highest BCUT2D eigenvalue weighted by atomic mass is 19.4. The summed E-state index contributed by atoms with van der Waals surface area (Å²) in [5.74, 6) is 0.496. The Bertz CT molecular complexity index is 297. The topological polar surface area (TPSA) is 18.5 Å². The Hall–Kier alpha value is -1.17. The minimum absolute atomic E-state index is 0.0859. The smallest absolute Gasteiger partial charge is 0.468 e. The summed E-state index contributed by atoms with van der Waals surface area (Å²) < 4.78 is 45.9. The maximum Gasteiger partial charge on any atom is 0.482 e. The lowest BCUT2D eigenvalue weighted by atomic mass is 9.82. The largest absolute Gasteiger partial charge is 0.482 e. The first-order valence-corrected chi connectivity index (χ1v) is 4.43. The fraction of sp³-hybridized carbons (Fsp3) is 0.333. The van der Waals surface area contributed by atoms with Crippen molar-refractivity contribution in [2.75, 3.05) is 13.9 Å². The second-order valence-corrected chi connectivity index (χ2v) is 3.11. The molecule has 0 aromatic heterocycles. The molecule has 0 unspecified atom stereocenters. The maximum absolute atomic E-state index is 12.1. The van der Waals surface area contributed by atoms with E-state index in [1.165, 1.54) is 31.4 Å². The van der Waals surface area contributed by atoms with Crippen molar-refractivity contribution in [2.24, 2.45) is 0 Å². The molecule has 0 bridgehead atoms. The first-order valence-electron chi connectivity index (χ1n) is 4.43. The van der Waals surface area contributed by atoms with Gasteiger partial charge in [-0.1, -0.05) is 24.0 Å². The number of rotatable bonds is 5. The molecule has 0 atom stereocenters. The van der Waals surface area contributed by atoms with Gasteiger partial charge in [-0.05, 0) is 12.1 Å². The van der Waals surface area contributed by atoms with Crippen molar-refractivity contribution in [3.63, 3.8) is 0 Å². The average molecular weight is 219 g/mol. The molecule has 15 heavy (non-hydrogen) atoms. The van der Waals surface area contributed by atoms with Crippen LogP contribution in [0.3, 0.4) is 0 Å². The third kappa shape index (κ3) is 4.74. The molecule has 0 saturated heterocycles. The molecule has 0 saturated carbocycles. The first kappa shape index (κ1) is 11.9. The summed E-state index contributed by atoms with van der Waals surface area (Å²) in [5, 5.41) is 0. The Morgan fingerprint density at radius 2 is 1.73 bits per heavy atom. The SMILES string of the molecule is COCOc1ccc(C[B-](F)(F)F)cc1. The molecule has 0 heterocycles. The second kappa shape index (κ2) is 5.07. The number of hydrogen-bond donors (Lipinski definition) is 0. The van der Waals surface area contributed by atoms with Gasteiger partial charge in [-0.3, -0.25) is 0 Å². The second-order valence-electron chi connectivity index (χ2n) is 3.11. The summed E-state index contributed by atoms with van der Waals surface area (Å²) >= 11 is 0. The van der Waals surface area contributed by atoms with Crippen LogP contribution in [0, 0.1) is 0 Å². The number of methoxy groups -OCH3 is 1. The van der Waals surface area contributed by atoms with Crippen LogP contribution in [0.15, 0.2) is 24.3 Å². The first-order chi connectivity index (χ1) is 7.01. The van der Waals surface area contributed by atoms with Crippen LogP contribution in [-0.4, -0.2) is 20.9 Å². The summed E-state index contributed by atoms with van der Waals surface area (Å²) in [6.45, 7) is -4.69. The lowest BCUT2D eigenvalue weighted by Crippen LogP contribution is -2.19. The molecule has 6 heteroatoms. The van der Waals surface area contributed by atoms with E-state index in [0.717, 1.165) is 0 Å². The van der Waals surface area contributed by atoms with Crippen molar-refractivity contribution in [1.82, 2.24) is 0 Å². The van der Waals surface area contributed by atoms with Gasteiger partial charge >= 0.3 is 6.98 Å². The fourth-order valence-corrected chi connectivity index (χ4v) is 1.12. The van der Waals surface area contributed by atoms with Crippen molar-refractivity contribution in [3.8, 4) is 5.75 Å². The van der Waals surface area contributed by atoms with E-state index in [2.05, 4.69) is 4.74 Å². The van der Waals surface area contributed by atoms with E-state index in [0.29, 0.717) is 5.75 Å². The van der Waals surface area contributed by atoms with Gasteiger partial charge in [0.2, 0.25) is 0 Å². The summed E-state index contributed by atoms with van der Waals surface area (Å²) in [7, 11) is 1.47. The zero-order chi connectivity index (χ0) is 11.3. The molecule has 0 fully saturated rings. The molecule has 0 aliphatic heterocycles. The summed E-state index contributed by atoms with van der Waals surface area (Å²) in [4.78, 5) is 0. The van der Waals surface area contributed by atoms with Crippen molar-refractivity contribution in [1.29, 1.82) is 0 Å². The van der Waals surface area contributed by atoms with Crippen LogP contribution in [0.25, 0.3) is 0 Å². The number of benzene rings is 1. The zero-order valence-electron chi connectivity index (χ0n) is 8.25. The molecule has 0 N–H and O–H groups in total. The van der Waals surface area contributed by atoms with E-state index in [4.69, 9.17) is 4.74 Å². The highest BCUT2D eigenvalue weighted by Gasteiger charge is 2.22. The Balaban J connectivity index is 2.56. The van der Waals surface area contributed by atoms with Crippen molar-refractivity contribution in [2.45, 2.75) is 6.32 Å². The Kier molecular flexibility index (Phi) is 4.02. The van der Waals surface area contributed by atoms with Gasteiger partial charge < -0.3 is 22.4 Å². The third-order valence-electron chi connectivity index (χ3n) is 1.73. The van der Waals surface area contributed by atoms with Gasteiger partial charge in [0.1, 0.15) is 5.75 Å². The quantitative estimate of drug-likeness (QED) is 0.559. The van der Waals surface area contributed by atoms with Gasteiger partial charge in [-0.2, -0.15) is 0 Å². The van der Waals surface area contributed by atoms with E-state index < -0.39 is 13.3 Å². The molecule has 0 amide bonds. The van der Waals surface area contributed by atoms with Gasteiger partial charge in [0.05, 0.1) is 0 Å². The van der Waals surface area contributed by atoms with Crippen LogP contribution in [0.4, 0.5) is 12.9 Å². The highest BCUT2D eigenvalue weighted by Crippen LogP contribution is 2.18. The Labute approximate surface area is 86.1 Å². The molecular formula is C9H11BF3O2-. The molecular weight excluding hydrogens is 208 g/mol. The molecule has 1 rings (SSSR count). The molecule has 0 spiro atoms. The maximum atomic E-state index is 12.1. The van der Waals surface area contributed by atoms with E-state index in [-0.39, 0.29) is 12.4 Å². The summed E-state index contributed by atoms with van der Waals surface area (Å²) in [6.07, 6.45) is -0.857. The Morgan fingerprint density at radius 1 is 1.13 bits per heavy atom. The van der Waals surface area contributed by atoms with Crippen molar-refractivity contribution >= 4 is 6.98 Å². The number of hydrogen-bond acceptors (Lipinski definition) is 2. The monoisotopic (exact) mass is 219 g/mol. The number of halogens is 3. The molecule has 1 aromatic carbocycles. The van der Waals surface area contributed by atoms with Gasteiger partial charge in [0.15, 0.2) is 6.79 Å². The van der Waals surface area contributed by atoms with Crippen LogP contribution in [0.5, 0.6) is 5.75 Å². The van der Waals surface area contributed by atoms with Crippen LogP contribution in [-0.2, 0) is 11.1 Å². The number of ether oxygens (including phenoxy) is 2. The molecule has 0 radical (unpaired) electrons. The predicted octanol–water partition coefficient (Wildman–Crippen LogP) is 2.60. The summed E-state index contributed by atoms with van der Waals surface area (Å²) in [6, 6.07) is 5.80. The van der Waals surface area contributed by atoms with Gasteiger partial charge in [0, 0.05) is 7.11 Å². The van der Waals surface area contributed by atoms with Crippen LogP contribution in [0.1, 0.15) is 5.56 Å². The fourth-order valence-electron chi connectivity index (χ4n) is 1.12. The molecule has 0 aliphatic rings. The highest BCUT2D eigenvalue weighted by molar-refractivity contribution is 6.57. The third-order valence-corrected chi connectivity index (χ3v) is 1.73. The van der Waals surface area contributed by atoms with E-state index >= 15 is 0 Å². The normalized spacial score (nSPS) is 11.5. The lowest BCUT2D eigenvalue weighted by Gasteiger charge is -2.13. The van der Waals surface area contributed by atoms with Crippen LogP contribution < -0.4 is 4.74 Å².